The molecule has 0 fully saturated rings. The number of hydrogen-bond donors (Lipinski definition) is 0. The van der Waals surface area contributed by atoms with Gasteiger partial charge < -0.3 is 0 Å². The van der Waals surface area contributed by atoms with E-state index in [2.05, 4.69) is 37.9 Å². The van der Waals surface area contributed by atoms with Crippen molar-refractivity contribution >= 4 is 11.9 Å². The van der Waals surface area contributed by atoms with Gasteiger partial charge in [-0.3, -0.25) is 0 Å². The van der Waals surface area contributed by atoms with Crippen molar-refractivity contribution in [2.75, 3.05) is 0 Å². The molecule has 0 bridgehead atoms. The highest BCUT2D eigenvalue weighted by atomic mass is 15.2. The maximum Gasteiger partial charge on any atom is 0.0468 e. The first-order valence-corrected chi connectivity index (χ1v) is 4.72. The van der Waals surface area contributed by atoms with Crippen LogP contribution in [0.2, 0.25) is 0 Å². The van der Waals surface area contributed by atoms with Crippen LogP contribution in [0.15, 0.2) is 10.2 Å². The van der Waals surface area contributed by atoms with Gasteiger partial charge in [-0.15, -0.1) is 0 Å². The van der Waals surface area contributed by atoms with Gasteiger partial charge in [0.05, 0.1) is 0 Å². The van der Waals surface area contributed by atoms with Crippen molar-refractivity contribution in [2.24, 2.45) is 28.0 Å². The third-order valence-corrected chi connectivity index (χ3v) is 2.39. The molecule has 1 aliphatic rings. The summed E-state index contributed by atoms with van der Waals surface area (Å²) < 4.78 is 0. The third-order valence-electron chi connectivity index (χ3n) is 2.39. The van der Waals surface area contributed by atoms with Crippen LogP contribution in [0.1, 0.15) is 34.1 Å². The molecule has 0 aliphatic carbocycles. The van der Waals surface area contributed by atoms with E-state index in [4.69, 9.17) is 0 Å². The maximum absolute atomic E-state index is 4.22. The summed E-state index contributed by atoms with van der Waals surface area (Å²) in [5, 5.41) is 8.19. The van der Waals surface area contributed by atoms with Crippen LogP contribution in [0.25, 0.3) is 0 Å². The average Bonchev–Trinajstić information content (AvgIpc) is 2.04. The van der Waals surface area contributed by atoms with Crippen molar-refractivity contribution in [3.05, 3.63) is 0 Å². The smallest absolute Gasteiger partial charge is 0.0468 e. The fourth-order valence-corrected chi connectivity index (χ4v) is 1.62. The molecule has 1 aliphatic heterocycles. The van der Waals surface area contributed by atoms with Crippen LogP contribution in [0.5, 0.6) is 0 Å². The highest BCUT2D eigenvalue weighted by Crippen LogP contribution is 2.23. The van der Waals surface area contributed by atoms with Gasteiger partial charge in [-0.05, 0) is 18.3 Å². The van der Waals surface area contributed by atoms with Crippen molar-refractivity contribution in [1.29, 1.82) is 0 Å². The van der Waals surface area contributed by atoms with Crippen molar-refractivity contribution in [3.8, 4) is 0 Å². The minimum atomic E-state index is 0.537. The van der Waals surface area contributed by atoms with Gasteiger partial charge in [0.25, 0.3) is 0 Å². The van der Waals surface area contributed by atoms with Gasteiger partial charge >= 0.3 is 0 Å². The molecular formula is C10H18N2. The highest BCUT2D eigenvalue weighted by molar-refractivity contribution is 5.92. The van der Waals surface area contributed by atoms with Crippen LogP contribution < -0.4 is 0 Å². The Balaban J connectivity index is 2.77. The lowest BCUT2D eigenvalue weighted by Gasteiger charge is -2.24. The topological polar surface area (TPSA) is 24.7 Å². The highest BCUT2D eigenvalue weighted by Gasteiger charge is 2.23. The van der Waals surface area contributed by atoms with E-state index in [1.807, 2.05) is 6.21 Å². The Bertz CT molecular complexity index is 202. The molecule has 1 heterocycles. The average molecular weight is 166 g/mol. The van der Waals surface area contributed by atoms with Crippen LogP contribution in [-0.4, -0.2) is 11.9 Å². The van der Waals surface area contributed by atoms with E-state index in [0.717, 1.165) is 6.42 Å². The summed E-state index contributed by atoms with van der Waals surface area (Å²) in [5.41, 5.74) is 1.27. The van der Waals surface area contributed by atoms with Gasteiger partial charge in [0.15, 0.2) is 0 Å². The molecule has 2 heteroatoms. The first kappa shape index (κ1) is 9.43. The van der Waals surface area contributed by atoms with Crippen molar-refractivity contribution in [1.82, 2.24) is 0 Å². The minimum Gasteiger partial charge on any atom is -0.164 e. The summed E-state index contributed by atoms with van der Waals surface area (Å²) in [6.45, 7) is 8.88. The summed E-state index contributed by atoms with van der Waals surface area (Å²) in [6, 6.07) is 0. The second-order valence-electron chi connectivity index (χ2n) is 4.06. The Morgan fingerprint density at radius 3 is 2.42 bits per heavy atom. The zero-order valence-corrected chi connectivity index (χ0v) is 8.41. The molecule has 2 nitrogen and oxygen atoms in total. The van der Waals surface area contributed by atoms with Gasteiger partial charge in [0.1, 0.15) is 0 Å². The molecule has 0 N–H and O–H groups in total. The SMILES string of the molecule is CC(C)C1=NN=CCC1C(C)C. The molecule has 12 heavy (non-hydrogen) atoms. The van der Waals surface area contributed by atoms with E-state index >= 15 is 0 Å². The first-order valence-electron chi connectivity index (χ1n) is 4.72. The van der Waals surface area contributed by atoms with E-state index in [-0.39, 0.29) is 0 Å². The molecule has 0 aromatic heterocycles. The third kappa shape index (κ3) is 1.93. The molecule has 68 valence electrons. The zero-order chi connectivity index (χ0) is 9.14. The van der Waals surface area contributed by atoms with E-state index in [9.17, 15) is 0 Å². The van der Waals surface area contributed by atoms with Crippen molar-refractivity contribution in [3.63, 3.8) is 0 Å². The molecule has 0 aromatic carbocycles. The van der Waals surface area contributed by atoms with Crippen LogP contribution in [0.4, 0.5) is 0 Å². The number of nitrogens with zero attached hydrogens (tertiary/aromatic N) is 2. The quantitative estimate of drug-likeness (QED) is 0.602. The van der Waals surface area contributed by atoms with Gasteiger partial charge in [0, 0.05) is 17.8 Å². The molecule has 1 atom stereocenters. The Morgan fingerprint density at radius 2 is 2.00 bits per heavy atom. The standard InChI is InChI=1S/C10H18N2/c1-7(2)9-5-6-11-12-10(9)8(3)4/h6-9H,5H2,1-4H3. The van der Waals surface area contributed by atoms with Crippen LogP contribution >= 0.6 is 0 Å². The van der Waals surface area contributed by atoms with E-state index in [0.29, 0.717) is 17.8 Å². The molecule has 0 saturated heterocycles. The summed E-state index contributed by atoms with van der Waals surface area (Å²) in [6.07, 6.45) is 2.99. The van der Waals surface area contributed by atoms with Gasteiger partial charge in [-0.2, -0.15) is 10.2 Å². The second-order valence-corrected chi connectivity index (χ2v) is 4.06. The molecule has 0 aromatic rings. The Kier molecular flexibility index (Phi) is 3.01. The van der Waals surface area contributed by atoms with Crippen molar-refractivity contribution < 1.29 is 0 Å². The molecule has 0 saturated carbocycles. The summed E-state index contributed by atoms with van der Waals surface area (Å²) >= 11 is 0. The Hall–Kier alpha value is -0.660. The van der Waals surface area contributed by atoms with E-state index in [1.54, 1.807) is 0 Å². The molecule has 1 rings (SSSR count). The molecule has 0 spiro atoms. The summed E-state index contributed by atoms with van der Waals surface area (Å²) in [4.78, 5) is 0. The lowest BCUT2D eigenvalue weighted by molar-refractivity contribution is 0.487. The van der Waals surface area contributed by atoms with Crippen LogP contribution in [0, 0.1) is 17.8 Å². The van der Waals surface area contributed by atoms with Gasteiger partial charge in [-0.1, -0.05) is 27.7 Å². The predicted molar refractivity (Wildman–Crippen MR) is 53.7 cm³/mol. The minimum absolute atomic E-state index is 0.537. The first-order chi connectivity index (χ1) is 5.63. The zero-order valence-electron chi connectivity index (χ0n) is 8.41. The monoisotopic (exact) mass is 166 g/mol. The second kappa shape index (κ2) is 3.83. The Morgan fingerprint density at radius 1 is 1.33 bits per heavy atom. The molecule has 0 radical (unpaired) electrons. The maximum atomic E-state index is 4.22. The van der Waals surface area contributed by atoms with E-state index in [1.165, 1.54) is 5.71 Å². The Labute approximate surface area is 74.8 Å². The largest absolute Gasteiger partial charge is 0.164 e. The summed E-state index contributed by atoms with van der Waals surface area (Å²) in [7, 11) is 0. The predicted octanol–water partition coefficient (Wildman–Crippen LogP) is 2.75. The van der Waals surface area contributed by atoms with Gasteiger partial charge in [-0.25, -0.2) is 0 Å². The summed E-state index contributed by atoms with van der Waals surface area (Å²) in [5.74, 6) is 1.83. The fraction of sp³-hybridized carbons (Fsp3) is 0.800. The van der Waals surface area contributed by atoms with Crippen LogP contribution in [-0.2, 0) is 0 Å². The number of rotatable bonds is 2. The molecule has 0 amide bonds. The van der Waals surface area contributed by atoms with Crippen molar-refractivity contribution in [2.45, 2.75) is 34.1 Å². The molecule has 1 unspecified atom stereocenters. The number of hydrogen-bond acceptors (Lipinski definition) is 2. The molecular weight excluding hydrogens is 148 g/mol. The van der Waals surface area contributed by atoms with E-state index < -0.39 is 0 Å². The van der Waals surface area contributed by atoms with Crippen LogP contribution in [0.3, 0.4) is 0 Å². The van der Waals surface area contributed by atoms with Gasteiger partial charge in [0.2, 0.25) is 0 Å². The fourth-order valence-electron chi connectivity index (χ4n) is 1.62. The normalized spacial score (nSPS) is 23.5. The lowest BCUT2D eigenvalue weighted by atomic mass is 9.83. The lowest BCUT2D eigenvalue weighted by Crippen LogP contribution is -2.26.